The van der Waals surface area contributed by atoms with Crippen molar-refractivity contribution in [3.8, 4) is 0 Å². The molecule has 0 aliphatic heterocycles. The highest BCUT2D eigenvalue weighted by atomic mass is 35.5. The fourth-order valence-corrected chi connectivity index (χ4v) is 3.33. The van der Waals surface area contributed by atoms with Crippen LogP contribution in [-0.4, -0.2) is 31.7 Å². The Bertz CT molecular complexity index is 890. The maximum absolute atomic E-state index is 11.5. The molecule has 0 saturated heterocycles. The summed E-state index contributed by atoms with van der Waals surface area (Å²) in [5.41, 5.74) is 1.85. The molecule has 0 amide bonds. The lowest BCUT2D eigenvalue weighted by Gasteiger charge is -2.12. The molecule has 26 heavy (non-hydrogen) atoms. The first-order chi connectivity index (χ1) is 12.2. The zero-order valence-electron chi connectivity index (χ0n) is 14.9. The van der Waals surface area contributed by atoms with Gasteiger partial charge in [-0.05, 0) is 30.7 Å². The van der Waals surface area contributed by atoms with Gasteiger partial charge < -0.3 is 15.2 Å². The van der Waals surface area contributed by atoms with E-state index in [2.05, 4.69) is 15.6 Å². The molecule has 0 bridgehead atoms. The van der Waals surface area contributed by atoms with Crippen molar-refractivity contribution in [2.75, 3.05) is 12.8 Å². The maximum atomic E-state index is 11.5. The smallest absolute Gasteiger partial charge is 0.191 e. The Morgan fingerprint density at radius 1 is 1.19 bits per heavy atom. The van der Waals surface area contributed by atoms with Gasteiger partial charge in [-0.2, -0.15) is 0 Å². The molecule has 1 aromatic heterocycles. The molecule has 0 aliphatic rings. The number of aromatic nitrogens is 1. The summed E-state index contributed by atoms with van der Waals surface area (Å²) >= 11 is 12.1. The van der Waals surface area contributed by atoms with E-state index >= 15 is 0 Å². The highest BCUT2D eigenvalue weighted by Crippen LogP contribution is 2.24. The van der Waals surface area contributed by atoms with E-state index in [0.717, 1.165) is 11.3 Å². The summed E-state index contributed by atoms with van der Waals surface area (Å²) in [4.78, 5) is 4.82. The topological polar surface area (TPSA) is 75.5 Å². The van der Waals surface area contributed by atoms with Crippen LogP contribution in [0.1, 0.15) is 18.2 Å². The normalized spacial score (nSPS) is 12.3. The summed E-state index contributed by atoms with van der Waals surface area (Å²) in [6, 6.07) is 8.52. The van der Waals surface area contributed by atoms with Crippen molar-refractivity contribution in [2.45, 2.75) is 24.9 Å². The van der Waals surface area contributed by atoms with Crippen LogP contribution in [0, 0.1) is 0 Å². The zero-order valence-corrected chi connectivity index (χ0v) is 17.2. The second kappa shape index (κ2) is 8.79. The van der Waals surface area contributed by atoms with Crippen LogP contribution < -0.4 is 10.6 Å². The molecular weight excluding hydrogens is 395 g/mol. The Morgan fingerprint density at radius 2 is 1.85 bits per heavy atom. The van der Waals surface area contributed by atoms with Gasteiger partial charge in [-0.15, -0.1) is 0 Å². The summed E-state index contributed by atoms with van der Waals surface area (Å²) in [5.74, 6) is 0.646. The van der Waals surface area contributed by atoms with E-state index in [9.17, 15) is 8.42 Å². The number of halogens is 2. The van der Waals surface area contributed by atoms with Gasteiger partial charge in [0.15, 0.2) is 15.8 Å². The summed E-state index contributed by atoms with van der Waals surface area (Å²) in [5, 5.41) is 7.41. The van der Waals surface area contributed by atoms with Gasteiger partial charge in [-0.3, -0.25) is 0 Å². The third kappa shape index (κ3) is 5.40. The Kier molecular flexibility index (Phi) is 6.97. The van der Waals surface area contributed by atoms with E-state index in [1.807, 2.05) is 24.6 Å². The van der Waals surface area contributed by atoms with E-state index in [-0.39, 0.29) is 0 Å². The minimum Gasteiger partial charge on any atom is -0.357 e. The van der Waals surface area contributed by atoms with Crippen molar-refractivity contribution in [3.63, 3.8) is 0 Å². The van der Waals surface area contributed by atoms with Gasteiger partial charge in [0.1, 0.15) is 5.15 Å². The second-order valence-corrected chi connectivity index (χ2v) is 8.58. The molecule has 6 nitrogen and oxygen atoms in total. The lowest BCUT2D eigenvalue weighted by Crippen LogP contribution is -2.37. The van der Waals surface area contributed by atoms with Gasteiger partial charge in [0.25, 0.3) is 0 Å². The average molecular weight is 417 g/mol. The fourth-order valence-electron chi connectivity index (χ4n) is 2.29. The Labute approximate surface area is 164 Å². The van der Waals surface area contributed by atoms with Crippen molar-refractivity contribution in [1.29, 1.82) is 0 Å². The molecule has 142 valence electrons. The third-order valence-electron chi connectivity index (χ3n) is 3.77. The number of sulfone groups is 1. The van der Waals surface area contributed by atoms with Crippen LogP contribution in [0.2, 0.25) is 10.2 Å². The van der Waals surface area contributed by atoms with Crippen molar-refractivity contribution in [2.24, 2.45) is 12.0 Å². The molecule has 1 aromatic carbocycles. The molecule has 0 radical (unpaired) electrons. The van der Waals surface area contributed by atoms with Crippen LogP contribution in [-0.2, 0) is 30.0 Å². The quantitative estimate of drug-likeness (QED) is 0.560. The Balaban J connectivity index is 2.05. The summed E-state index contributed by atoms with van der Waals surface area (Å²) in [6.45, 7) is 3.64. The SMILES string of the molecule is CCNC(=NCc1ccc(S(C)(=O)=O)cc1)NCc1cc(Cl)c(Cl)n1C. The highest BCUT2D eigenvalue weighted by molar-refractivity contribution is 7.90. The third-order valence-corrected chi connectivity index (χ3v) is 5.74. The van der Waals surface area contributed by atoms with Gasteiger partial charge in [0.05, 0.1) is 23.0 Å². The number of nitrogens with one attached hydrogen (secondary N) is 2. The molecule has 9 heteroatoms. The minimum atomic E-state index is -3.19. The van der Waals surface area contributed by atoms with Gasteiger partial charge in [-0.1, -0.05) is 35.3 Å². The zero-order chi connectivity index (χ0) is 19.3. The van der Waals surface area contributed by atoms with Crippen LogP contribution in [0.4, 0.5) is 0 Å². The summed E-state index contributed by atoms with van der Waals surface area (Å²) in [6.07, 6.45) is 1.19. The van der Waals surface area contributed by atoms with E-state index in [0.29, 0.717) is 40.7 Å². The van der Waals surface area contributed by atoms with Gasteiger partial charge in [0, 0.05) is 25.5 Å². The average Bonchev–Trinajstić information content (AvgIpc) is 2.84. The van der Waals surface area contributed by atoms with Crippen LogP contribution in [0.3, 0.4) is 0 Å². The van der Waals surface area contributed by atoms with Gasteiger partial charge in [0.2, 0.25) is 0 Å². The van der Waals surface area contributed by atoms with Crippen LogP contribution in [0.25, 0.3) is 0 Å². The summed E-state index contributed by atoms with van der Waals surface area (Å²) < 4.78 is 24.8. The molecule has 0 fully saturated rings. The minimum absolute atomic E-state index is 0.299. The molecule has 0 unspecified atom stereocenters. The number of aliphatic imine (C=N–C) groups is 1. The van der Waals surface area contributed by atoms with Crippen LogP contribution in [0.15, 0.2) is 40.2 Å². The van der Waals surface area contributed by atoms with Crippen LogP contribution in [0.5, 0.6) is 0 Å². The molecule has 0 spiro atoms. The molecule has 2 rings (SSSR count). The second-order valence-electron chi connectivity index (χ2n) is 5.80. The number of rotatable bonds is 6. The lowest BCUT2D eigenvalue weighted by atomic mass is 10.2. The van der Waals surface area contributed by atoms with Crippen molar-refractivity contribution in [3.05, 3.63) is 51.8 Å². The fraction of sp³-hybridized carbons (Fsp3) is 0.353. The number of nitrogens with zero attached hydrogens (tertiary/aromatic N) is 2. The molecule has 0 aliphatic carbocycles. The predicted molar refractivity (Wildman–Crippen MR) is 107 cm³/mol. The monoisotopic (exact) mass is 416 g/mol. The summed E-state index contributed by atoms with van der Waals surface area (Å²) in [7, 11) is -1.34. The van der Waals surface area contributed by atoms with Crippen molar-refractivity contribution >= 4 is 39.0 Å². The predicted octanol–water partition coefficient (Wildman–Crippen LogP) is 2.99. The first-order valence-electron chi connectivity index (χ1n) is 8.03. The number of guanidine groups is 1. The number of hydrogen-bond acceptors (Lipinski definition) is 3. The highest BCUT2D eigenvalue weighted by Gasteiger charge is 2.09. The first kappa shape index (κ1) is 20.6. The number of benzene rings is 1. The number of hydrogen-bond donors (Lipinski definition) is 2. The Morgan fingerprint density at radius 3 is 2.35 bits per heavy atom. The molecular formula is C17H22Cl2N4O2S. The first-order valence-corrected chi connectivity index (χ1v) is 10.7. The molecule has 2 aromatic rings. The van der Waals surface area contributed by atoms with Crippen LogP contribution >= 0.6 is 23.2 Å². The van der Waals surface area contributed by atoms with E-state index < -0.39 is 9.84 Å². The standard InChI is InChI=1S/C17H22Cl2N4O2S/c1-4-20-17(22-11-13-9-15(18)16(19)23(13)2)21-10-12-5-7-14(8-6-12)26(3,24)25/h5-9H,4,10-11H2,1-3H3,(H2,20,21,22). The van der Waals surface area contributed by atoms with E-state index in [1.54, 1.807) is 24.3 Å². The lowest BCUT2D eigenvalue weighted by molar-refractivity contribution is 0.602. The molecule has 0 atom stereocenters. The van der Waals surface area contributed by atoms with E-state index in [4.69, 9.17) is 23.2 Å². The molecule has 0 saturated carbocycles. The Hall–Kier alpha value is -1.70. The largest absolute Gasteiger partial charge is 0.357 e. The van der Waals surface area contributed by atoms with Crippen molar-refractivity contribution in [1.82, 2.24) is 15.2 Å². The van der Waals surface area contributed by atoms with Gasteiger partial charge >= 0.3 is 0 Å². The van der Waals surface area contributed by atoms with E-state index in [1.165, 1.54) is 6.26 Å². The van der Waals surface area contributed by atoms with Gasteiger partial charge in [-0.25, -0.2) is 13.4 Å². The van der Waals surface area contributed by atoms with Crippen molar-refractivity contribution < 1.29 is 8.42 Å². The molecule has 1 heterocycles. The molecule has 2 N–H and O–H groups in total. The maximum Gasteiger partial charge on any atom is 0.191 e.